The molecule has 0 bridgehead atoms. The molecule has 1 unspecified atom stereocenters. The van der Waals surface area contributed by atoms with Gasteiger partial charge in [0.1, 0.15) is 4.90 Å². The van der Waals surface area contributed by atoms with E-state index in [2.05, 4.69) is 0 Å². The Balaban J connectivity index is 0.000000845. The molecule has 0 saturated heterocycles. The lowest BCUT2D eigenvalue weighted by atomic mass is 10.2. The van der Waals surface area contributed by atoms with E-state index in [4.69, 9.17) is 0 Å². The van der Waals surface area contributed by atoms with Crippen LogP contribution in [0.2, 0.25) is 0 Å². The second kappa shape index (κ2) is 3.09. The monoisotopic (exact) mass is 217 g/mol. The van der Waals surface area contributed by atoms with Crippen LogP contribution in [0.4, 0.5) is 0 Å². The van der Waals surface area contributed by atoms with Crippen molar-refractivity contribution in [2.24, 2.45) is 0 Å². The van der Waals surface area contributed by atoms with Crippen LogP contribution < -0.4 is 4.72 Å². The largest absolute Gasteiger partial charge is 0.268 e. The summed E-state index contributed by atoms with van der Waals surface area (Å²) in [5, 5.41) is 0. The van der Waals surface area contributed by atoms with E-state index in [9.17, 15) is 13.2 Å². The molecule has 1 aromatic rings. The maximum Gasteiger partial charge on any atom is 0.266 e. The Hall–Kier alpha value is -0.930. The molecule has 1 atom stereocenters. The smallest absolute Gasteiger partial charge is 0.266 e. The van der Waals surface area contributed by atoms with E-state index in [0.29, 0.717) is 0 Å². The SMILES string of the molecule is O=C1NS(=O)(=O)c2ccccc21.P. The number of hydrogen-bond donors (Lipinski definition) is 1. The van der Waals surface area contributed by atoms with Crippen molar-refractivity contribution < 1.29 is 13.2 Å². The van der Waals surface area contributed by atoms with E-state index >= 15 is 0 Å². The highest BCUT2D eigenvalue weighted by atomic mass is 32.2. The predicted molar refractivity (Wildman–Crippen MR) is 52.2 cm³/mol. The van der Waals surface area contributed by atoms with Crippen LogP contribution in [0.5, 0.6) is 0 Å². The van der Waals surface area contributed by atoms with Gasteiger partial charge in [-0.05, 0) is 12.1 Å². The quantitative estimate of drug-likeness (QED) is 0.630. The zero-order chi connectivity index (χ0) is 8.77. The fourth-order valence-electron chi connectivity index (χ4n) is 1.12. The number of hydrogen-bond acceptors (Lipinski definition) is 3. The van der Waals surface area contributed by atoms with Crippen molar-refractivity contribution in [1.29, 1.82) is 0 Å². The second-order valence-corrected chi connectivity index (χ2v) is 4.08. The first-order valence-electron chi connectivity index (χ1n) is 3.27. The van der Waals surface area contributed by atoms with Crippen LogP contribution in [0.15, 0.2) is 29.2 Å². The second-order valence-electron chi connectivity index (χ2n) is 2.43. The van der Waals surface area contributed by atoms with Gasteiger partial charge in [-0.15, -0.1) is 0 Å². The molecule has 1 heterocycles. The Morgan fingerprint density at radius 1 is 1.15 bits per heavy atom. The number of rotatable bonds is 0. The predicted octanol–water partition coefficient (Wildman–Crippen LogP) is 0.177. The number of benzene rings is 1. The number of carbonyl (C=O) groups excluding carboxylic acids is 1. The highest BCUT2D eigenvalue weighted by molar-refractivity contribution is 7.90. The van der Waals surface area contributed by atoms with Gasteiger partial charge in [-0.3, -0.25) is 4.79 Å². The topological polar surface area (TPSA) is 63.2 Å². The Bertz CT molecular complexity index is 455. The first-order chi connectivity index (χ1) is 5.61. The molecule has 4 nitrogen and oxygen atoms in total. The maximum atomic E-state index is 11.1. The summed E-state index contributed by atoms with van der Waals surface area (Å²) in [6.45, 7) is 0. The van der Waals surface area contributed by atoms with Gasteiger partial charge in [-0.25, -0.2) is 13.1 Å². The van der Waals surface area contributed by atoms with Crippen molar-refractivity contribution in [3.63, 3.8) is 0 Å². The van der Waals surface area contributed by atoms with Gasteiger partial charge in [0.05, 0.1) is 5.56 Å². The van der Waals surface area contributed by atoms with Crippen molar-refractivity contribution in [2.75, 3.05) is 0 Å². The molecule has 2 rings (SSSR count). The van der Waals surface area contributed by atoms with Crippen molar-refractivity contribution in [2.45, 2.75) is 4.90 Å². The first-order valence-corrected chi connectivity index (χ1v) is 4.76. The van der Waals surface area contributed by atoms with E-state index in [0.717, 1.165) is 0 Å². The van der Waals surface area contributed by atoms with E-state index in [1.54, 1.807) is 12.1 Å². The average Bonchev–Trinajstić information content (AvgIpc) is 2.25. The van der Waals surface area contributed by atoms with Gasteiger partial charge in [0.2, 0.25) is 0 Å². The van der Waals surface area contributed by atoms with E-state index in [-0.39, 0.29) is 20.4 Å². The molecule has 0 aliphatic carbocycles. The molecule has 6 heteroatoms. The van der Waals surface area contributed by atoms with Crippen LogP contribution in [0.3, 0.4) is 0 Å². The Morgan fingerprint density at radius 3 is 2.38 bits per heavy atom. The molecule has 1 aromatic carbocycles. The summed E-state index contributed by atoms with van der Waals surface area (Å²) in [5.41, 5.74) is 0.220. The number of sulfonamides is 1. The highest BCUT2D eigenvalue weighted by Crippen LogP contribution is 2.20. The van der Waals surface area contributed by atoms with Gasteiger partial charge in [0.25, 0.3) is 15.9 Å². The summed E-state index contributed by atoms with van der Waals surface area (Å²) in [6.07, 6.45) is 0. The third-order valence-corrected chi connectivity index (χ3v) is 3.04. The zero-order valence-corrected chi connectivity index (χ0v) is 8.88. The summed E-state index contributed by atoms with van der Waals surface area (Å²) in [5.74, 6) is -0.550. The van der Waals surface area contributed by atoms with Gasteiger partial charge in [0, 0.05) is 0 Å². The Morgan fingerprint density at radius 2 is 1.77 bits per heavy atom. The van der Waals surface area contributed by atoms with Crippen LogP contribution >= 0.6 is 9.90 Å². The van der Waals surface area contributed by atoms with Crippen LogP contribution in [0.1, 0.15) is 10.4 Å². The van der Waals surface area contributed by atoms with Gasteiger partial charge in [-0.1, -0.05) is 12.1 Å². The summed E-state index contributed by atoms with van der Waals surface area (Å²) in [4.78, 5) is 11.1. The molecule has 0 fully saturated rings. The lowest BCUT2D eigenvalue weighted by molar-refractivity contribution is 0.0985. The maximum absolute atomic E-state index is 11.1. The third-order valence-electron chi connectivity index (χ3n) is 1.65. The van der Waals surface area contributed by atoms with Crippen molar-refractivity contribution in [1.82, 2.24) is 4.72 Å². The molecule has 70 valence electrons. The normalized spacial score (nSPS) is 17.1. The molecule has 0 spiro atoms. The fourth-order valence-corrected chi connectivity index (χ4v) is 2.29. The number of nitrogens with one attached hydrogen (secondary N) is 1. The first kappa shape index (κ1) is 10.2. The summed E-state index contributed by atoms with van der Waals surface area (Å²) < 4.78 is 24.2. The van der Waals surface area contributed by atoms with E-state index in [1.165, 1.54) is 12.1 Å². The highest BCUT2D eigenvalue weighted by Gasteiger charge is 2.31. The van der Waals surface area contributed by atoms with Crippen LogP contribution in [-0.2, 0) is 10.0 Å². The third kappa shape index (κ3) is 1.45. The van der Waals surface area contributed by atoms with Crippen LogP contribution in [0.25, 0.3) is 0 Å². The van der Waals surface area contributed by atoms with Crippen molar-refractivity contribution >= 4 is 25.8 Å². The minimum Gasteiger partial charge on any atom is -0.268 e. The number of fused-ring (bicyclic) bond motifs is 1. The molecular formula is C7H8NO3PS. The number of amides is 1. The molecule has 1 N–H and O–H groups in total. The lowest BCUT2D eigenvalue weighted by Crippen LogP contribution is -2.20. The summed E-state index contributed by atoms with van der Waals surface area (Å²) in [7, 11) is -3.55. The molecule has 1 aliphatic heterocycles. The molecule has 0 radical (unpaired) electrons. The average molecular weight is 217 g/mol. The molecule has 1 aliphatic rings. The van der Waals surface area contributed by atoms with Crippen molar-refractivity contribution in [3.8, 4) is 0 Å². The van der Waals surface area contributed by atoms with Gasteiger partial charge in [0.15, 0.2) is 0 Å². The minimum atomic E-state index is -3.55. The van der Waals surface area contributed by atoms with E-state index in [1.807, 2.05) is 4.72 Å². The summed E-state index contributed by atoms with van der Waals surface area (Å²) >= 11 is 0. The van der Waals surface area contributed by atoms with Crippen LogP contribution in [0, 0.1) is 0 Å². The minimum absolute atomic E-state index is 0. The molecule has 13 heavy (non-hydrogen) atoms. The zero-order valence-electron chi connectivity index (χ0n) is 6.65. The molecule has 0 aromatic heterocycles. The Labute approximate surface area is 79.0 Å². The number of carbonyl (C=O) groups is 1. The van der Waals surface area contributed by atoms with Crippen LogP contribution in [-0.4, -0.2) is 14.3 Å². The standard InChI is InChI=1S/C7H5NO3S.H3P/c9-7-5-3-1-2-4-6(5)12(10,11)8-7;/h1-4H,(H,8,9);1H3. The van der Waals surface area contributed by atoms with Gasteiger partial charge in [-0.2, -0.15) is 9.90 Å². The van der Waals surface area contributed by atoms with Crippen molar-refractivity contribution in [3.05, 3.63) is 29.8 Å². The fraction of sp³-hybridized carbons (Fsp3) is 0. The van der Waals surface area contributed by atoms with Gasteiger partial charge < -0.3 is 0 Å². The van der Waals surface area contributed by atoms with E-state index < -0.39 is 15.9 Å². The van der Waals surface area contributed by atoms with Gasteiger partial charge >= 0.3 is 0 Å². The summed E-state index contributed by atoms with van der Waals surface area (Å²) in [6, 6.07) is 6.09. The molecule has 1 amide bonds. The molecular weight excluding hydrogens is 209 g/mol. The Kier molecular flexibility index (Phi) is 2.41. The molecule has 0 saturated carbocycles. The lowest BCUT2D eigenvalue weighted by Gasteiger charge is -1.91.